The number of halogens is 1. The highest BCUT2D eigenvalue weighted by molar-refractivity contribution is 6.20. The van der Waals surface area contributed by atoms with E-state index >= 15 is 0 Å². The molecule has 20 heavy (non-hydrogen) atoms. The molecule has 0 aliphatic carbocycles. The van der Waals surface area contributed by atoms with Crippen LogP contribution in [-0.4, -0.2) is 6.10 Å². The number of benzene rings is 2. The minimum Gasteiger partial charge on any atom is -0.491 e. The standard InChI is InChI=1S/C18H21ClO/c1-14(2)20-18-11-7-6-10-16(18)12-13-17(19)15-8-4-3-5-9-15/h3-11,14,17H,12-13H2,1-2H3. The Morgan fingerprint density at radius 1 is 0.950 bits per heavy atom. The highest BCUT2D eigenvalue weighted by Crippen LogP contribution is 2.28. The minimum atomic E-state index is 0.0447. The largest absolute Gasteiger partial charge is 0.491 e. The molecule has 0 aliphatic heterocycles. The molecule has 0 radical (unpaired) electrons. The first-order chi connectivity index (χ1) is 9.66. The van der Waals surface area contributed by atoms with Crippen molar-refractivity contribution >= 4 is 11.6 Å². The summed E-state index contributed by atoms with van der Waals surface area (Å²) < 4.78 is 5.84. The quantitative estimate of drug-likeness (QED) is 0.648. The number of ether oxygens (including phenoxy) is 1. The fourth-order valence-electron chi connectivity index (χ4n) is 2.19. The smallest absolute Gasteiger partial charge is 0.122 e. The lowest BCUT2D eigenvalue weighted by Gasteiger charge is -2.15. The second-order valence-electron chi connectivity index (χ2n) is 5.19. The van der Waals surface area contributed by atoms with Gasteiger partial charge in [-0.1, -0.05) is 48.5 Å². The molecule has 0 N–H and O–H groups in total. The van der Waals surface area contributed by atoms with Crippen LogP contribution in [0.15, 0.2) is 54.6 Å². The zero-order valence-electron chi connectivity index (χ0n) is 12.1. The van der Waals surface area contributed by atoms with Crippen LogP contribution in [0.4, 0.5) is 0 Å². The molecule has 2 heteroatoms. The van der Waals surface area contributed by atoms with Crippen molar-refractivity contribution in [1.82, 2.24) is 0 Å². The average molecular weight is 289 g/mol. The summed E-state index contributed by atoms with van der Waals surface area (Å²) in [6, 6.07) is 18.4. The van der Waals surface area contributed by atoms with Crippen molar-refractivity contribution in [3.05, 3.63) is 65.7 Å². The third kappa shape index (κ3) is 4.28. The van der Waals surface area contributed by atoms with E-state index < -0.39 is 0 Å². The molecule has 0 aromatic heterocycles. The van der Waals surface area contributed by atoms with Gasteiger partial charge in [0.1, 0.15) is 5.75 Å². The van der Waals surface area contributed by atoms with Crippen molar-refractivity contribution < 1.29 is 4.74 Å². The third-order valence-corrected chi connectivity index (χ3v) is 3.63. The van der Waals surface area contributed by atoms with Crippen LogP contribution in [0.5, 0.6) is 5.75 Å². The van der Waals surface area contributed by atoms with Gasteiger partial charge in [0.15, 0.2) is 0 Å². The van der Waals surface area contributed by atoms with Gasteiger partial charge in [-0.2, -0.15) is 0 Å². The van der Waals surface area contributed by atoms with Crippen molar-refractivity contribution in [3.63, 3.8) is 0 Å². The second-order valence-corrected chi connectivity index (χ2v) is 5.72. The molecule has 2 rings (SSSR count). The van der Waals surface area contributed by atoms with Crippen LogP contribution in [-0.2, 0) is 6.42 Å². The summed E-state index contributed by atoms with van der Waals surface area (Å²) in [4.78, 5) is 0. The van der Waals surface area contributed by atoms with Gasteiger partial charge in [-0.15, -0.1) is 11.6 Å². The fraction of sp³-hybridized carbons (Fsp3) is 0.333. The molecular weight excluding hydrogens is 268 g/mol. The molecule has 2 aromatic rings. The SMILES string of the molecule is CC(C)Oc1ccccc1CCC(Cl)c1ccccc1. The van der Waals surface area contributed by atoms with Crippen molar-refractivity contribution in [2.45, 2.75) is 38.2 Å². The first-order valence-corrected chi connectivity index (χ1v) is 7.54. The van der Waals surface area contributed by atoms with Crippen LogP contribution in [0.3, 0.4) is 0 Å². The molecule has 2 aromatic carbocycles. The first-order valence-electron chi connectivity index (χ1n) is 7.10. The number of hydrogen-bond acceptors (Lipinski definition) is 1. The van der Waals surface area contributed by atoms with Crippen molar-refractivity contribution in [2.75, 3.05) is 0 Å². The van der Waals surface area contributed by atoms with E-state index in [0.29, 0.717) is 0 Å². The van der Waals surface area contributed by atoms with Gasteiger partial charge < -0.3 is 4.74 Å². The van der Waals surface area contributed by atoms with Gasteiger partial charge in [0, 0.05) is 0 Å². The van der Waals surface area contributed by atoms with Gasteiger partial charge in [0.05, 0.1) is 11.5 Å². The molecule has 0 spiro atoms. The summed E-state index contributed by atoms with van der Waals surface area (Å²) in [5, 5.41) is 0.0447. The summed E-state index contributed by atoms with van der Waals surface area (Å²) in [5.74, 6) is 0.972. The van der Waals surface area contributed by atoms with Gasteiger partial charge >= 0.3 is 0 Å². The van der Waals surface area contributed by atoms with E-state index in [-0.39, 0.29) is 11.5 Å². The average Bonchev–Trinajstić information content (AvgIpc) is 2.46. The lowest BCUT2D eigenvalue weighted by molar-refractivity contribution is 0.240. The van der Waals surface area contributed by atoms with Crippen LogP contribution >= 0.6 is 11.6 Å². The van der Waals surface area contributed by atoms with E-state index in [9.17, 15) is 0 Å². The number of aryl methyl sites for hydroxylation is 1. The number of rotatable bonds is 6. The molecule has 106 valence electrons. The van der Waals surface area contributed by atoms with E-state index in [0.717, 1.165) is 18.6 Å². The lowest BCUT2D eigenvalue weighted by atomic mass is 10.0. The zero-order valence-corrected chi connectivity index (χ0v) is 12.8. The molecule has 1 unspecified atom stereocenters. The van der Waals surface area contributed by atoms with Crippen LogP contribution in [0, 0.1) is 0 Å². The maximum atomic E-state index is 6.47. The van der Waals surface area contributed by atoms with Crippen molar-refractivity contribution in [2.24, 2.45) is 0 Å². The molecular formula is C18H21ClO. The minimum absolute atomic E-state index is 0.0447. The molecule has 0 fully saturated rings. The maximum Gasteiger partial charge on any atom is 0.122 e. The van der Waals surface area contributed by atoms with E-state index in [2.05, 4.69) is 18.2 Å². The Bertz CT molecular complexity index is 522. The second kappa shape index (κ2) is 7.35. The molecule has 0 aliphatic rings. The molecule has 0 bridgehead atoms. The maximum absolute atomic E-state index is 6.47. The summed E-state index contributed by atoms with van der Waals surface area (Å²) in [6.45, 7) is 4.09. The summed E-state index contributed by atoms with van der Waals surface area (Å²) >= 11 is 6.47. The van der Waals surface area contributed by atoms with Gasteiger partial charge in [-0.3, -0.25) is 0 Å². The molecule has 1 nitrogen and oxygen atoms in total. The fourth-order valence-corrected chi connectivity index (χ4v) is 2.44. The van der Waals surface area contributed by atoms with E-state index in [4.69, 9.17) is 16.3 Å². The Hall–Kier alpha value is -1.47. The highest BCUT2D eigenvalue weighted by Gasteiger charge is 2.10. The number of alkyl halides is 1. The Morgan fingerprint density at radius 3 is 2.30 bits per heavy atom. The van der Waals surface area contributed by atoms with Crippen molar-refractivity contribution in [1.29, 1.82) is 0 Å². The normalized spacial score (nSPS) is 12.4. The van der Waals surface area contributed by atoms with Gasteiger partial charge in [-0.05, 0) is 43.9 Å². The molecule has 0 saturated carbocycles. The molecule has 0 saturated heterocycles. The van der Waals surface area contributed by atoms with Crippen LogP contribution < -0.4 is 4.74 Å². The van der Waals surface area contributed by atoms with Gasteiger partial charge in [0.25, 0.3) is 0 Å². The molecule has 0 heterocycles. The van der Waals surface area contributed by atoms with E-state index in [1.54, 1.807) is 0 Å². The molecule has 1 atom stereocenters. The Kier molecular flexibility index (Phi) is 5.49. The van der Waals surface area contributed by atoms with Gasteiger partial charge in [0.2, 0.25) is 0 Å². The van der Waals surface area contributed by atoms with E-state index in [1.807, 2.05) is 50.2 Å². The van der Waals surface area contributed by atoms with Crippen LogP contribution in [0.2, 0.25) is 0 Å². The monoisotopic (exact) mass is 288 g/mol. The zero-order chi connectivity index (χ0) is 14.4. The Morgan fingerprint density at radius 2 is 1.60 bits per heavy atom. The lowest BCUT2D eigenvalue weighted by Crippen LogP contribution is -2.07. The van der Waals surface area contributed by atoms with Gasteiger partial charge in [-0.25, -0.2) is 0 Å². The number of para-hydroxylation sites is 1. The topological polar surface area (TPSA) is 9.23 Å². The van der Waals surface area contributed by atoms with Crippen molar-refractivity contribution in [3.8, 4) is 5.75 Å². The van der Waals surface area contributed by atoms with Crippen LogP contribution in [0.25, 0.3) is 0 Å². The summed E-state index contributed by atoms with van der Waals surface area (Å²) in [6.07, 6.45) is 2.02. The Balaban J connectivity index is 2.00. The Labute approximate surface area is 126 Å². The number of hydrogen-bond donors (Lipinski definition) is 0. The predicted octanol–water partition coefficient (Wildman–Crippen LogP) is 5.39. The first kappa shape index (κ1) is 14.9. The molecule has 0 amide bonds. The third-order valence-electron chi connectivity index (χ3n) is 3.16. The predicted molar refractivity (Wildman–Crippen MR) is 85.6 cm³/mol. The highest BCUT2D eigenvalue weighted by atomic mass is 35.5. The van der Waals surface area contributed by atoms with Crippen LogP contribution in [0.1, 0.15) is 36.8 Å². The van der Waals surface area contributed by atoms with E-state index in [1.165, 1.54) is 11.1 Å². The summed E-state index contributed by atoms with van der Waals surface area (Å²) in [7, 11) is 0. The summed E-state index contributed by atoms with van der Waals surface area (Å²) in [5.41, 5.74) is 2.40.